The molecule has 0 radical (unpaired) electrons. The van der Waals surface area contributed by atoms with Gasteiger partial charge >= 0.3 is 0 Å². The van der Waals surface area contributed by atoms with Crippen molar-refractivity contribution in [3.05, 3.63) is 118 Å². The van der Waals surface area contributed by atoms with Crippen molar-refractivity contribution in [1.29, 1.82) is 0 Å². The van der Waals surface area contributed by atoms with Crippen LogP contribution in [0.2, 0.25) is 0 Å². The smallest absolute Gasteiger partial charge is 0.255 e. The number of benzene rings is 4. The zero-order chi connectivity index (χ0) is 39.4. The second-order valence-corrected chi connectivity index (χ2v) is 16.0. The van der Waals surface area contributed by atoms with Crippen molar-refractivity contribution in [2.45, 2.75) is 50.1 Å². The van der Waals surface area contributed by atoms with Crippen LogP contribution in [-0.2, 0) is 16.1 Å². The number of phenols is 1. The highest BCUT2D eigenvalue weighted by atomic mass is 19.2. The number of amides is 3. The minimum Gasteiger partial charge on any atom is -0.508 e. The van der Waals surface area contributed by atoms with Crippen LogP contribution in [0.25, 0.3) is 0 Å². The lowest BCUT2D eigenvalue weighted by Crippen LogP contribution is -2.52. The summed E-state index contributed by atoms with van der Waals surface area (Å²) in [5, 5.41) is 12.5. The van der Waals surface area contributed by atoms with Gasteiger partial charge in [0.2, 0.25) is 11.8 Å². The molecule has 57 heavy (non-hydrogen) atoms. The first-order chi connectivity index (χ1) is 27.6. The second-order valence-electron chi connectivity index (χ2n) is 16.0. The van der Waals surface area contributed by atoms with Crippen molar-refractivity contribution in [2.24, 2.45) is 5.92 Å². The molecule has 9 rings (SSSR count). The van der Waals surface area contributed by atoms with E-state index in [0.717, 1.165) is 81.5 Å². The molecule has 4 aromatic rings. The number of ether oxygens (including phenoxy) is 1. The fourth-order valence-corrected chi connectivity index (χ4v) is 9.48. The van der Waals surface area contributed by atoms with E-state index in [9.17, 15) is 28.3 Å². The summed E-state index contributed by atoms with van der Waals surface area (Å²) in [6.45, 7) is 6.50. The van der Waals surface area contributed by atoms with Gasteiger partial charge in [0, 0.05) is 93.5 Å². The van der Waals surface area contributed by atoms with Gasteiger partial charge < -0.3 is 24.5 Å². The normalized spacial score (nSPS) is 23.0. The molecule has 3 saturated heterocycles. The highest BCUT2D eigenvalue weighted by Crippen LogP contribution is 2.48. The van der Waals surface area contributed by atoms with Crippen LogP contribution < -0.4 is 19.9 Å². The molecule has 0 spiro atoms. The minimum atomic E-state index is -0.952. The zero-order valence-electron chi connectivity index (χ0n) is 31.4. The third kappa shape index (κ3) is 7.17. The van der Waals surface area contributed by atoms with E-state index >= 15 is 4.39 Å². The standard InChI is InChI=1S/C44H44F3N5O5/c45-35-7-1-27(20-36(35)46)34-25-57-40-22-31(53)4-6-33(40)42(34)28-2-8-38(37(47)21-28)51-13-11-26(12-14-51)23-49-15-17-50(18-16-49)30-3-5-32-29(19-30)24-52(44(32)56)39-9-10-41(54)48-43(39)55/h1-8,19-22,26,34,39,42,53H,9-18,23-25H2,(H,48,54,55)/t34-,39+,42?/m1/s1. The molecule has 3 amide bonds. The topological polar surface area (TPSA) is 106 Å². The number of rotatable bonds is 7. The Hall–Kier alpha value is -5.56. The number of imide groups is 1. The number of hydrogen-bond donors (Lipinski definition) is 2. The van der Waals surface area contributed by atoms with Crippen LogP contribution in [0.4, 0.5) is 24.5 Å². The Morgan fingerprint density at radius 1 is 0.754 bits per heavy atom. The lowest BCUT2D eigenvalue weighted by molar-refractivity contribution is -0.136. The van der Waals surface area contributed by atoms with E-state index in [1.54, 1.807) is 29.2 Å². The minimum absolute atomic E-state index is 0.0448. The number of halogens is 3. The number of carbonyl (C=O) groups is 3. The van der Waals surface area contributed by atoms with Gasteiger partial charge in [-0.3, -0.25) is 24.6 Å². The zero-order valence-corrected chi connectivity index (χ0v) is 31.4. The maximum Gasteiger partial charge on any atom is 0.255 e. The molecule has 5 aliphatic rings. The fourth-order valence-electron chi connectivity index (χ4n) is 9.48. The van der Waals surface area contributed by atoms with E-state index in [-0.39, 0.29) is 36.4 Å². The first-order valence-electron chi connectivity index (χ1n) is 19.8. The highest BCUT2D eigenvalue weighted by Gasteiger charge is 2.40. The van der Waals surface area contributed by atoms with Crippen LogP contribution in [0, 0.1) is 23.4 Å². The lowest BCUT2D eigenvalue weighted by Gasteiger charge is -2.40. The summed E-state index contributed by atoms with van der Waals surface area (Å²) in [5.41, 5.74) is 5.11. The number of anilines is 2. The first-order valence-corrected chi connectivity index (χ1v) is 19.8. The molecule has 5 aliphatic heterocycles. The van der Waals surface area contributed by atoms with E-state index in [2.05, 4.69) is 26.1 Å². The summed E-state index contributed by atoms with van der Waals surface area (Å²) in [5.74, 6) is -2.89. The van der Waals surface area contributed by atoms with Crippen molar-refractivity contribution < 1.29 is 37.4 Å². The molecule has 296 valence electrons. The van der Waals surface area contributed by atoms with Crippen LogP contribution in [0.3, 0.4) is 0 Å². The van der Waals surface area contributed by atoms with Crippen molar-refractivity contribution in [3.8, 4) is 11.5 Å². The van der Waals surface area contributed by atoms with E-state index in [4.69, 9.17) is 4.74 Å². The summed E-state index contributed by atoms with van der Waals surface area (Å²) in [7, 11) is 0. The second kappa shape index (κ2) is 15.1. The van der Waals surface area contributed by atoms with Gasteiger partial charge in [0.25, 0.3) is 5.91 Å². The number of hydrogen-bond acceptors (Lipinski definition) is 8. The summed E-state index contributed by atoms with van der Waals surface area (Å²) in [4.78, 5) is 45.8. The number of nitrogens with zero attached hydrogens (tertiary/aromatic N) is 4. The Morgan fingerprint density at radius 2 is 1.53 bits per heavy atom. The number of nitrogens with one attached hydrogen (secondary N) is 1. The number of piperidine rings is 2. The number of fused-ring (bicyclic) bond motifs is 2. The molecule has 10 nitrogen and oxygen atoms in total. The average molecular weight is 780 g/mol. The van der Waals surface area contributed by atoms with E-state index < -0.39 is 35.4 Å². The number of piperazine rings is 1. The third-order valence-electron chi connectivity index (χ3n) is 12.6. The van der Waals surface area contributed by atoms with Crippen LogP contribution in [0.1, 0.15) is 70.1 Å². The number of aromatic hydroxyl groups is 1. The summed E-state index contributed by atoms with van der Waals surface area (Å²) < 4.78 is 50.2. The Labute approximate surface area is 328 Å². The third-order valence-corrected chi connectivity index (χ3v) is 12.6. The van der Waals surface area contributed by atoms with Crippen molar-refractivity contribution in [1.82, 2.24) is 15.1 Å². The molecule has 1 unspecified atom stereocenters. The molecule has 2 N–H and O–H groups in total. The van der Waals surface area contributed by atoms with Crippen LogP contribution in [0.5, 0.6) is 11.5 Å². The van der Waals surface area contributed by atoms with Gasteiger partial charge in [-0.05, 0) is 90.4 Å². The quantitative estimate of drug-likeness (QED) is 0.223. The Bertz CT molecular complexity index is 2240. The molecule has 13 heteroatoms. The Balaban J connectivity index is 0.803. The van der Waals surface area contributed by atoms with Gasteiger partial charge in [-0.1, -0.05) is 18.2 Å². The maximum atomic E-state index is 16.1. The van der Waals surface area contributed by atoms with Crippen molar-refractivity contribution in [2.75, 3.05) is 62.2 Å². The SMILES string of the molecule is O=C1CC[C@H](N2Cc3cc(N4CCN(CC5CCN(c6ccc(C7c8ccc(O)cc8OC[C@@H]7c7ccc(F)c(F)c7)cc6F)CC5)CC4)ccc3C2=O)C(=O)N1. The van der Waals surface area contributed by atoms with E-state index in [0.29, 0.717) is 47.0 Å². The summed E-state index contributed by atoms with van der Waals surface area (Å²) in [6, 6.07) is 19.2. The van der Waals surface area contributed by atoms with E-state index in [1.807, 2.05) is 24.3 Å². The van der Waals surface area contributed by atoms with Crippen LogP contribution in [-0.4, -0.2) is 91.1 Å². The van der Waals surface area contributed by atoms with Gasteiger partial charge in [0.1, 0.15) is 23.4 Å². The molecule has 0 aromatic heterocycles. The number of phenolic OH excluding ortho intramolecular Hbond substituents is 1. The molecule has 3 atom stereocenters. The molecule has 0 aliphatic carbocycles. The average Bonchev–Trinajstić information content (AvgIpc) is 3.53. The van der Waals surface area contributed by atoms with Gasteiger partial charge in [-0.15, -0.1) is 0 Å². The predicted octanol–water partition coefficient (Wildman–Crippen LogP) is 5.92. The van der Waals surface area contributed by atoms with Gasteiger partial charge in [0.05, 0.1) is 12.3 Å². The molecule has 3 fully saturated rings. The molecular formula is C44H44F3N5O5. The van der Waals surface area contributed by atoms with Crippen LogP contribution >= 0.6 is 0 Å². The van der Waals surface area contributed by atoms with Gasteiger partial charge in [-0.2, -0.15) is 0 Å². The first kappa shape index (κ1) is 37.0. The molecule has 4 aromatic carbocycles. The predicted molar refractivity (Wildman–Crippen MR) is 207 cm³/mol. The molecule has 5 heterocycles. The molecular weight excluding hydrogens is 736 g/mol. The Morgan fingerprint density at radius 3 is 2.28 bits per heavy atom. The van der Waals surface area contributed by atoms with Crippen molar-refractivity contribution in [3.63, 3.8) is 0 Å². The van der Waals surface area contributed by atoms with E-state index in [1.165, 1.54) is 12.1 Å². The largest absolute Gasteiger partial charge is 0.508 e. The Kier molecular flexibility index (Phi) is 9.80. The molecule has 0 bridgehead atoms. The molecule has 0 saturated carbocycles. The fraction of sp³-hybridized carbons (Fsp3) is 0.386. The van der Waals surface area contributed by atoms with Gasteiger partial charge in [-0.25, -0.2) is 13.2 Å². The number of carbonyl (C=O) groups excluding carboxylic acids is 3. The van der Waals surface area contributed by atoms with Crippen LogP contribution in [0.15, 0.2) is 72.8 Å². The highest BCUT2D eigenvalue weighted by molar-refractivity contribution is 6.05. The lowest BCUT2D eigenvalue weighted by atomic mass is 9.75. The maximum absolute atomic E-state index is 16.1. The van der Waals surface area contributed by atoms with Gasteiger partial charge in [0.15, 0.2) is 11.6 Å². The van der Waals surface area contributed by atoms with Crippen molar-refractivity contribution >= 4 is 29.1 Å². The summed E-state index contributed by atoms with van der Waals surface area (Å²) >= 11 is 0. The monoisotopic (exact) mass is 779 g/mol. The summed E-state index contributed by atoms with van der Waals surface area (Å²) in [6.07, 6.45) is 2.46.